The van der Waals surface area contributed by atoms with Crippen molar-refractivity contribution in [3.05, 3.63) is 35.1 Å². The molecule has 0 spiro atoms. The number of fused-ring (bicyclic) bond motifs is 1. The molecule has 2 aromatic rings. The first-order valence-electron chi connectivity index (χ1n) is 9.39. The Morgan fingerprint density at radius 2 is 2.19 bits per heavy atom. The van der Waals surface area contributed by atoms with Crippen molar-refractivity contribution in [1.29, 1.82) is 0 Å². The van der Waals surface area contributed by atoms with Gasteiger partial charge in [-0.05, 0) is 44.9 Å². The fourth-order valence-corrected chi connectivity index (χ4v) is 4.12. The van der Waals surface area contributed by atoms with Crippen LogP contribution in [0.15, 0.2) is 16.9 Å². The Bertz CT molecular complexity index is 789. The molecule has 1 unspecified atom stereocenters. The molecule has 7 nitrogen and oxygen atoms in total. The van der Waals surface area contributed by atoms with Crippen molar-refractivity contribution < 1.29 is 9.32 Å². The van der Waals surface area contributed by atoms with Gasteiger partial charge in [-0.2, -0.15) is 0 Å². The van der Waals surface area contributed by atoms with Gasteiger partial charge in [-0.25, -0.2) is 9.97 Å². The predicted molar refractivity (Wildman–Crippen MR) is 97.2 cm³/mol. The van der Waals surface area contributed by atoms with Gasteiger partial charge in [-0.15, -0.1) is 0 Å². The fourth-order valence-electron chi connectivity index (χ4n) is 4.12. The second-order valence-electron chi connectivity index (χ2n) is 7.40. The summed E-state index contributed by atoms with van der Waals surface area (Å²) in [6.45, 7) is 4.61. The van der Waals surface area contributed by atoms with Crippen molar-refractivity contribution in [1.82, 2.24) is 20.0 Å². The maximum Gasteiger partial charge on any atom is 0.275 e. The van der Waals surface area contributed by atoms with Crippen LogP contribution in [0.3, 0.4) is 0 Å². The summed E-state index contributed by atoms with van der Waals surface area (Å²) in [5, 5.41) is 3.74. The second kappa shape index (κ2) is 7.05. The first-order chi connectivity index (χ1) is 12.6. The minimum Gasteiger partial charge on any atom is -0.364 e. The third-order valence-corrected chi connectivity index (χ3v) is 5.39. The van der Waals surface area contributed by atoms with Gasteiger partial charge in [0.05, 0.1) is 0 Å². The lowest BCUT2D eigenvalue weighted by atomic mass is 9.96. The van der Waals surface area contributed by atoms with Crippen LogP contribution in [-0.2, 0) is 12.8 Å². The van der Waals surface area contributed by atoms with E-state index < -0.39 is 0 Å². The lowest BCUT2D eigenvalue weighted by Crippen LogP contribution is -2.33. The zero-order valence-corrected chi connectivity index (χ0v) is 15.4. The first kappa shape index (κ1) is 17.0. The Balaban J connectivity index is 1.44. The fraction of sp³-hybridized carbons (Fsp3) is 0.579. The largest absolute Gasteiger partial charge is 0.364 e. The highest BCUT2D eigenvalue weighted by molar-refractivity contribution is 5.91. The Hall–Kier alpha value is -2.44. The molecule has 26 heavy (non-hydrogen) atoms. The standard InChI is InChI=1S/C19H25N5O2/c1-13-20-16-6-4-3-5-15(16)18(21-13)24-9-7-14(12-24)11-23(2)19(25)17-8-10-26-22-17/h8,10,14H,3-7,9,11-12H2,1-2H3. The smallest absolute Gasteiger partial charge is 0.275 e. The van der Waals surface area contributed by atoms with Gasteiger partial charge in [-0.1, -0.05) is 5.16 Å². The van der Waals surface area contributed by atoms with Crippen molar-refractivity contribution in [2.75, 3.05) is 31.6 Å². The van der Waals surface area contributed by atoms with Gasteiger partial charge in [0.25, 0.3) is 5.91 Å². The molecule has 2 aliphatic rings. The van der Waals surface area contributed by atoms with Gasteiger partial charge < -0.3 is 14.3 Å². The maximum absolute atomic E-state index is 12.4. The molecule has 0 radical (unpaired) electrons. The monoisotopic (exact) mass is 355 g/mol. The van der Waals surface area contributed by atoms with Crippen molar-refractivity contribution in [3.63, 3.8) is 0 Å². The number of amides is 1. The van der Waals surface area contributed by atoms with Crippen LogP contribution in [0.1, 0.15) is 46.8 Å². The molecule has 2 aromatic heterocycles. The molecule has 1 aliphatic carbocycles. The molecule has 0 saturated carbocycles. The van der Waals surface area contributed by atoms with Crippen molar-refractivity contribution in [2.24, 2.45) is 5.92 Å². The summed E-state index contributed by atoms with van der Waals surface area (Å²) in [5.74, 6) is 2.33. The van der Waals surface area contributed by atoms with Gasteiger partial charge >= 0.3 is 0 Å². The summed E-state index contributed by atoms with van der Waals surface area (Å²) < 4.78 is 4.77. The average molecular weight is 355 g/mol. The molecule has 1 fully saturated rings. The number of hydrogen-bond acceptors (Lipinski definition) is 6. The molecule has 1 amide bonds. The molecule has 0 aromatic carbocycles. The summed E-state index contributed by atoms with van der Waals surface area (Å²) in [4.78, 5) is 25.9. The number of carbonyl (C=O) groups excluding carboxylic acids is 1. The number of rotatable bonds is 4. The van der Waals surface area contributed by atoms with Gasteiger partial charge in [-0.3, -0.25) is 4.79 Å². The highest BCUT2D eigenvalue weighted by Crippen LogP contribution is 2.31. The summed E-state index contributed by atoms with van der Waals surface area (Å²) in [7, 11) is 1.83. The third kappa shape index (κ3) is 3.30. The molecule has 4 rings (SSSR count). The van der Waals surface area contributed by atoms with E-state index in [1.165, 1.54) is 30.4 Å². The van der Waals surface area contributed by atoms with Crippen molar-refractivity contribution >= 4 is 11.7 Å². The van der Waals surface area contributed by atoms with Crippen LogP contribution in [0.25, 0.3) is 0 Å². The van der Waals surface area contributed by atoms with Crippen LogP contribution >= 0.6 is 0 Å². The van der Waals surface area contributed by atoms with Crippen LogP contribution in [-0.4, -0.2) is 52.6 Å². The highest BCUT2D eigenvalue weighted by Gasteiger charge is 2.29. The molecule has 0 N–H and O–H groups in total. The van der Waals surface area contributed by atoms with Gasteiger partial charge in [0.2, 0.25) is 0 Å². The molecule has 1 aliphatic heterocycles. The van der Waals surface area contributed by atoms with E-state index in [0.29, 0.717) is 18.2 Å². The summed E-state index contributed by atoms with van der Waals surface area (Å²) in [6, 6.07) is 1.61. The van der Waals surface area contributed by atoms with Crippen LogP contribution in [0.2, 0.25) is 0 Å². The summed E-state index contributed by atoms with van der Waals surface area (Å²) in [5.41, 5.74) is 2.94. The molecule has 1 atom stereocenters. The van der Waals surface area contributed by atoms with Crippen LogP contribution in [0.5, 0.6) is 0 Å². The van der Waals surface area contributed by atoms with Gasteiger partial charge in [0, 0.05) is 44.0 Å². The molecule has 7 heteroatoms. The minimum atomic E-state index is -0.0903. The average Bonchev–Trinajstić information content (AvgIpc) is 3.32. The molecular formula is C19H25N5O2. The quantitative estimate of drug-likeness (QED) is 0.837. The zero-order valence-electron chi connectivity index (χ0n) is 15.4. The molecule has 1 saturated heterocycles. The molecule has 138 valence electrons. The SMILES string of the molecule is Cc1nc2c(c(N3CCC(CN(C)C(=O)c4ccon4)C3)n1)CCCC2. The third-order valence-electron chi connectivity index (χ3n) is 5.39. The summed E-state index contributed by atoms with van der Waals surface area (Å²) >= 11 is 0. The van der Waals surface area contributed by atoms with E-state index in [9.17, 15) is 4.79 Å². The molecule has 3 heterocycles. The number of hydrogen-bond donors (Lipinski definition) is 0. The molecular weight excluding hydrogens is 330 g/mol. The lowest BCUT2D eigenvalue weighted by Gasteiger charge is -2.26. The van der Waals surface area contributed by atoms with Gasteiger partial charge in [0.15, 0.2) is 5.69 Å². The van der Waals surface area contributed by atoms with Gasteiger partial charge in [0.1, 0.15) is 17.9 Å². The summed E-state index contributed by atoms with van der Waals surface area (Å²) in [6.07, 6.45) is 7.08. The van der Waals surface area contributed by atoms with Crippen LogP contribution in [0.4, 0.5) is 5.82 Å². The maximum atomic E-state index is 12.4. The highest BCUT2D eigenvalue weighted by atomic mass is 16.5. The van der Waals surface area contributed by atoms with E-state index in [2.05, 4.69) is 15.0 Å². The van der Waals surface area contributed by atoms with Crippen molar-refractivity contribution in [3.8, 4) is 0 Å². The van der Waals surface area contributed by atoms with E-state index in [1.807, 2.05) is 14.0 Å². The van der Waals surface area contributed by atoms with E-state index in [0.717, 1.165) is 44.0 Å². The topological polar surface area (TPSA) is 75.4 Å². The van der Waals surface area contributed by atoms with E-state index in [4.69, 9.17) is 9.51 Å². The predicted octanol–water partition coefficient (Wildman–Crippen LogP) is 2.25. The Labute approximate surface area is 153 Å². The van der Waals surface area contributed by atoms with Crippen molar-refractivity contribution in [2.45, 2.75) is 39.0 Å². The van der Waals surface area contributed by atoms with Crippen LogP contribution in [0, 0.1) is 12.8 Å². The normalized spacial score (nSPS) is 19.5. The first-order valence-corrected chi connectivity index (χ1v) is 9.39. The Kier molecular flexibility index (Phi) is 4.61. The van der Waals surface area contributed by atoms with E-state index in [1.54, 1.807) is 11.0 Å². The number of aryl methyl sites for hydroxylation is 2. The Morgan fingerprint density at radius 3 is 3.00 bits per heavy atom. The Morgan fingerprint density at radius 1 is 1.35 bits per heavy atom. The van der Waals surface area contributed by atoms with E-state index in [-0.39, 0.29) is 5.91 Å². The van der Waals surface area contributed by atoms with Crippen LogP contribution < -0.4 is 4.90 Å². The number of anilines is 1. The number of nitrogens with zero attached hydrogens (tertiary/aromatic N) is 5. The molecule has 0 bridgehead atoms. The number of carbonyl (C=O) groups is 1. The zero-order chi connectivity index (χ0) is 18.1. The van der Waals surface area contributed by atoms with E-state index >= 15 is 0 Å². The minimum absolute atomic E-state index is 0.0903. The second-order valence-corrected chi connectivity index (χ2v) is 7.40. The number of aromatic nitrogens is 3. The lowest BCUT2D eigenvalue weighted by molar-refractivity contribution is 0.0766.